The third-order valence-electron chi connectivity index (χ3n) is 3.85. The van der Waals surface area contributed by atoms with Gasteiger partial charge in [0.05, 0.1) is 11.9 Å². The molecule has 6 nitrogen and oxygen atoms in total. The van der Waals surface area contributed by atoms with Crippen molar-refractivity contribution in [1.82, 2.24) is 19.5 Å². The highest BCUT2D eigenvalue weighted by atomic mass is 79.9. The van der Waals surface area contributed by atoms with Crippen molar-refractivity contribution < 1.29 is 4.79 Å². The molecule has 0 saturated heterocycles. The molecule has 0 aliphatic carbocycles. The van der Waals surface area contributed by atoms with Crippen LogP contribution in [-0.4, -0.2) is 25.4 Å². The Hall–Kier alpha value is -2.77. The molecule has 3 aromatic heterocycles. The molecule has 0 aliphatic rings. The van der Waals surface area contributed by atoms with Gasteiger partial charge in [0.15, 0.2) is 5.65 Å². The number of carbonyl (C=O) groups is 1. The molecule has 0 atom stereocenters. The van der Waals surface area contributed by atoms with Crippen LogP contribution in [0.4, 0.5) is 5.69 Å². The van der Waals surface area contributed by atoms with Gasteiger partial charge in [-0.2, -0.15) is 0 Å². The number of rotatable bonds is 4. The van der Waals surface area contributed by atoms with E-state index in [9.17, 15) is 4.79 Å². The normalized spacial score (nSPS) is 10.4. The summed E-state index contributed by atoms with van der Waals surface area (Å²) in [6, 6.07) is 15.1. The fraction of sp³-hybridized carbons (Fsp3) is 0.0526. The van der Waals surface area contributed by atoms with E-state index < -0.39 is 0 Å². The topological polar surface area (TPSA) is 72.7 Å². The number of benzene rings is 1. The largest absolute Gasteiger partial charge is 0.323 e. The first-order valence-electron chi connectivity index (χ1n) is 7.98. The van der Waals surface area contributed by atoms with Crippen LogP contribution in [0.25, 0.3) is 22.6 Å². The second-order valence-electron chi connectivity index (χ2n) is 5.66. The highest BCUT2D eigenvalue weighted by Crippen LogP contribution is 2.25. The Morgan fingerprint density at radius 3 is 2.59 bits per heavy atom. The van der Waals surface area contributed by atoms with Crippen LogP contribution in [0.1, 0.15) is 0 Å². The summed E-state index contributed by atoms with van der Waals surface area (Å²) in [5.41, 5.74) is 2.99. The molecule has 4 rings (SSSR count). The van der Waals surface area contributed by atoms with Crippen molar-refractivity contribution in [3.8, 4) is 11.4 Å². The minimum atomic E-state index is -0.165. The number of fused-ring (bicyclic) bond motifs is 1. The maximum absolute atomic E-state index is 12.5. The zero-order chi connectivity index (χ0) is 17.9. The summed E-state index contributed by atoms with van der Waals surface area (Å²) >= 11 is 3.44. The van der Waals surface area contributed by atoms with Gasteiger partial charge in [0.1, 0.15) is 17.9 Å². The third kappa shape index (κ3) is 4.15. The van der Waals surface area contributed by atoms with E-state index >= 15 is 0 Å². The fourth-order valence-corrected chi connectivity index (χ4v) is 2.97. The van der Waals surface area contributed by atoms with Gasteiger partial charge in [-0.05, 0) is 36.4 Å². The number of nitrogens with zero attached hydrogens (tertiary/aromatic N) is 4. The van der Waals surface area contributed by atoms with E-state index in [4.69, 9.17) is 0 Å². The Morgan fingerprint density at radius 2 is 1.85 bits per heavy atom. The van der Waals surface area contributed by atoms with E-state index in [1.165, 1.54) is 0 Å². The van der Waals surface area contributed by atoms with Gasteiger partial charge in [-0.25, -0.2) is 9.97 Å². The lowest BCUT2D eigenvalue weighted by Gasteiger charge is -2.09. The Labute approximate surface area is 170 Å². The summed E-state index contributed by atoms with van der Waals surface area (Å²) in [6.07, 6.45) is 4.97. The Kier molecular flexibility index (Phi) is 5.83. The van der Waals surface area contributed by atoms with Gasteiger partial charge >= 0.3 is 0 Å². The van der Waals surface area contributed by atoms with E-state index in [2.05, 4.69) is 36.2 Å². The number of amides is 1. The molecule has 8 heteroatoms. The zero-order valence-electron chi connectivity index (χ0n) is 14.0. The van der Waals surface area contributed by atoms with Crippen LogP contribution in [0, 0.1) is 0 Å². The second kappa shape index (κ2) is 8.28. The van der Waals surface area contributed by atoms with E-state index in [-0.39, 0.29) is 24.9 Å². The van der Waals surface area contributed by atoms with Gasteiger partial charge in [0.2, 0.25) is 5.91 Å². The smallest absolute Gasteiger partial charge is 0.244 e. The maximum atomic E-state index is 12.5. The van der Waals surface area contributed by atoms with Crippen LogP contribution in [0.2, 0.25) is 0 Å². The first kappa shape index (κ1) is 19.0. The summed E-state index contributed by atoms with van der Waals surface area (Å²) < 4.78 is 2.81. The molecule has 1 N–H and O–H groups in total. The number of anilines is 1. The Balaban J connectivity index is 0.00000210. The predicted molar refractivity (Wildman–Crippen MR) is 111 cm³/mol. The van der Waals surface area contributed by atoms with Gasteiger partial charge in [-0.3, -0.25) is 14.3 Å². The van der Waals surface area contributed by atoms with Gasteiger partial charge in [-0.1, -0.05) is 28.1 Å². The molecule has 3 heterocycles. The first-order valence-corrected chi connectivity index (χ1v) is 8.77. The lowest BCUT2D eigenvalue weighted by atomic mass is 10.2. The standard InChI is InChI=1S/C19H14BrN5O.ClH/c20-14-7-5-13(6-8-14)18-24-16-4-2-10-22-19(16)25(18)12-17(26)23-15-3-1-9-21-11-15;/h1-11H,12H2,(H,23,26);1H. The van der Waals surface area contributed by atoms with Gasteiger partial charge in [0, 0.05) is 22.4 Å². The van der Waals surface area contributed by atoms with Crippen molar-refractivity contribution in [2.75, 3.05) is 5.32 Å². The lowest BCUT2D eigenvalue weighted by molar-refractivity contribution is -0.116. The quantitative estimate of drug-likeness (QED) is 0.509. The monoisotopic (exact) mass is 443 g/mol. The third-order valence-corrected chi connectivity index (χ3v) is 4.38. The number of hydrogen-bond acceptors (Lipinski definition) is 4. The molecular weight excluding hydrogens is 430 g/mol. The van der Waals surface area contributed by atoms with Crippen LogP contribution in [0.3, 0.4) is 0 Å². The van der Waals surface area contributed by atoms with Crippen molar-refractivity contribution in [2.45, 2.75) is 6.54 Å². The van der Waals surface area contributed by atoms with E-state index in [1.54, 1.807) is 30.7 Å². The molecule has 0 radical (unpaired) electrons. The molecule has 136 valence electrons. The lowest BCUT2D eigenvalue weighted by Crippen LogP contribution is -2.19. The molecule has 27 heavy (non-hydrogen) atoms. The molecule has 0 spiro atoms. The van der Waals surface area contributed by atoms with Crippen molar-refractivity contribution in [3.63, 3.8) is 0 Å². The minimum Gasteiger partial charge on any atom is -0.323 e. The van der Waals surface area contributed by atoms with Crippen molar-refractivity contribution >= 4 is 51.1 Å². The zero-order valence-corrected chi connectivity index (χ0v) is 16.4. The number of pyridine rings is 2. The summed E-state index contributed by atoms with van der Waals surface area (Å²) in [6.45, 7) is 0.105. The summed E-state index contributed by atoms with van der Waals surface area (Å²) in [4.78, 5) is 25.6. The highest BCUT2D eigenvalue weighted by molar-refractivity contribution is 9.10. The van der Waals surface area contributed by atoms with Crippen molar-refractivity contribution in [3.05, 3.63) is 71.6 Å². The van der Waals surface area contributed by atoms with Crippen molar-refractivity contribution in [2.24, 2.45) is 0 Å². The van der Waals surface area contributed by atoms with Gasteiger partial charge in [0.25, 0.3) is 0 Å². The number of halogens is 2. The van der Waals surface area contributed by atoms with Crippen LogP contribution in [0.5, 0.6) is 0 Å². The Bertz CT molecular complexity index is 1070. The molecule has 1 aromatic carbocycles. The molecule has 4 aromatic rings. The number of aromatic nitrogens is 4. The van der Waals surface area contributed by atoms with Crippen LogP contribution < -0.4 is 5.32 Å². The summed E-state index contributed by atoms with van der Waals surface area (Å²) in [5.74, 6) is 0.536. The van der Waals surface area contributed by atoms with Crippen LogP contribution in [0.15, 0.2) is 71.6 Å². The number of carbonyl (C=O) groups excluding carboxylic acids is 1. The average Bonchev–Trinajstić information content (AvgIpc) is 3.02. The molecule has 0 saturated carbocycles. The van der Waals surface area contributed by atoms with E-state index in [0.29, 0.717) is 17.2 Å². The van der Waals surface area contributed by atoms with Crippen LogP contribution in [-0.2, 0) is 11.3 Å². The van der Waals surface area contributed by atoms with E-state index in [0.717, 1.165) is 15.6 Å². The number of hydrogen-bond donors (Lipinski definition) is 1. The minimum absolute atomic E-state index is 0. The second-order valence-corrected chi connectivity index (χ2v) is 6.58. The predicted octanol–water partition coefficient (Wildman–Crippen LogP) is 4.32. The molecule has 0 fully saturated rings. The first-order chi connectivity index (χ1) is 12.7. The average molecular weight is 445 g/mol. The van der Waals surface area contributed by atoms with E-state index in [1.807, 2.05) is 41.0 Å². The maximum Gasteiger partial charge on any atom is 0.244 e. The summed E-state index contributed by atoms with van der Waals surface area (Å²) in [7, 11) is 0. The number of imidazole rings is 1. The summed E-state index contributed by atoms with van der Waals surface area (Å²) in [5, 5.41) is 2.85. The van der Waals surface area contributed by atoms with Gasteiger partial charge < -0.3 is 5.32 Å². The number of nitrogens with one attached hydrogen (secondary N) is 1. The molecule has 0 unspecified atom stereocenters. The molecule has 1 amide bonds. The van der Waals surface area contributed by atoms with Crippen LogP contribution >= 0.6 is 28.3 Å². The van der Waals surface area contributed by atoms with Crippen molar-refractivity contribution in [1.29, 1.82) is 0 Å². The highest BCUT2D eigenvalue weighted by Gasteiger charge is 2.16. The van der Waals surface area contributed by atoms with Gasteiger partial charge in [-0.15, -0.1) is 12.4 Å². The molecule has 0 aliphatic heterocycles. The SMILES string of the molecule is Cl.O=C(Cn1c(-c2ccc(Br)cc2)nc2cccnc21)Nc1cccnc1. The fourth-order valence-electron chi connectivity index (χ4n) is 2.71. The molecule has 0 bridgehead atoms. The molecular formula is C19H15BrClN5O. The Morgan fingerprint density at radius 1 is 1.07 bits per heavy atom.